The van der Waals surface area contributed by atoms with Gasteiger partial charge in [0.2, 0.25) is 5.91 Å². The molecule has 2 amide bonds. The number of hydrogen-bond acceptors (Lipinski definition) is 6. The van der Waals surface area contributed by atoms with Crippen LogP contribution in [0.2, 0.25) is 5.02 Å². The Kier molecular flexibility index (Phi) is 9.80. The second-order valence-corrected chi connectivity index (χ2v) is 10.5. The van der Waals surface area contributed by atoms with Crippen LogP contribution in [0.25, 0.3) is 0 Å². The minimum Gasteiger partial charge on any atom is -0.489 e. The van der Waals surface area contributed by atoms with Gasteiger partial charge in [-0.05, 0) is 75.4 Å². The van der Waals surface area contributed by atoms with E-state index in [1.54, 1.807) is 37.8 Å². The number of benzene rings is 2. The van der Waals surface area contributed by atoms with E-state index >= 15 is 0 Å². The maximum Gasteiger partial charge on any atom is 0.408 e. The molecule has 37 heavy (non-hydrogen) atoms. The van der Waals surface area contributed by atoms with Crippen molar-refractivity contribution in [3.8, 4) is 5.75 Å². The summed E-state index contributed by atoms with van der Waals surface area (Å²) in [7, 11) is 1.35. The van der Waals surface area contributed by atoms with Gasteiger partial charge in [-0.2, -0.15) is 0 Å². The van der Waals surface area contributed by atoms with E-state index in [-0.39, 0.29) is 24.8 Å². The summed E-state index contributed by atoms with van der Waals surface area (Å²) in [6.45, 7) is 6.47. The second-order valence-electron chi connectivity index (χ2n) is 10.1. The SMILES string of the molecule is COC(=O)Cc1ccc(OCc2ccc(Cl)cc2)c(CN2CCCCC(NC(=O)OC(C)(C)C)C2=O)c1. The normalized spacial score (nSPS) is 16.1. The van der Waals surface area contributed by atoms with Crippen LogP contribution in [0.5, 0.6) is 5.75 Å². The van der Waals surface area contributed by atoms with Gasteiger partial charge in [-0.3, -0.25) is 9.59 Å². The van der Waals surface area contributed by atoms with Crippen molar-refractivity contribution in [2.24, 2.45) is 0 Å². The maximum atomic E-state index is 13.4. The van der Waals surface area contributed by atoms with Crippen LogP contribution in [0.1, 0.15) is 56.7 Å². The van der Waals surface area contributed by atoms with E-state index < -0.39 is 17.7 Å². The summed E-state index contributed by atoms with van der Waals surface area (Å²) in [6, 6.07) is 12.2. The molecule has 2 aromatic carbocycles. The lowest BCUT2D eigenvalue weighted by molar-refractivity contribution is -0.139. The number of carbonyl (C=O) groups is 3. The Hall–Kier alpha value is -3.26. The summed E-state index contributed by atoms with van der Waals surface area (Å²) >= 11 is 5.98. The number of ether oxygens (including phenoxy) is 3. The fourth-order valence-corrected chi connectivity index (χ4v) is 4.17. The van der Waals surface area contributed by atoms with Crippen molar-refractivity contribution < 1.29 is 28.6 Å². The first-order chi connectivity index (χ1) is 17.5. The van der Waals surface area contributed by atoms with Gasteiger partial charge in [-0.25, -0.2) is 4.79 Å². The van der Waals surface area contributed by atoms with Crippen LogP contribution in [0.4, 0.5) is 4.79 Å². The zero-order valence-corrected chi connectivity index (χ0v) is 22.6. The second kappa shape index (κ2) is 12.8. The van der Waals surface area contributed by atoms with E-state index in [0.29, 0.717) is 30.3 Å². The van der Waals surface area contributed by atoms with Crippen molar-refractivity contribution in [2.45, 2.75) is 71.2 Å². The Labute approximate surface area is 223 Å². The molecule has 1 unspecified atom stereocenters. The molecule has 0 aliphatic carbocycles. The van der Waals surface area contributed by atoms with Crippen molar-refractivity contribution in [1.82, 2.24) is 10.2 Å². The van der Waals surface area contributed by atoms with Crippen molar-refractivity contribution in [3.63, 3.8) is 0 Å². The van der Waals surface area contributed by atoms with Crippen molar-refractivity contribution in [2.75, 3.05) is 13.7 Å². The molecule has 0 aromatic heterocycles. The molecule has 1 heterocycles. The van der Waals surface area contributed by atoms with E-state index in [1.807, 2.05) is 30.3 Å². The maximum absolute atomic E-state index is 13.4. The highest BCUT2D eigenvalue weighted by atomic mass is 35.5. The third kappa shape index (κ3) is 8.97. The van der Waals surface area contributed by atoms with E-state index in [0.717, 1.165) is 29.5 Å². The van der Waals surface area contributed by atoms with E-state index in [9.17, 15) is 14.4 Å². The molecule has 0 radical (unpaired) electrons. The lowest BCUT2D eigenvalue weighted by Crippen LogP contribution is -2.48. The molecule has 9 heteroatoms. The lowest BCUT2D eigenvalue weighted by Gasteiger charge is -2.27. The number of methoxy groups -OCH3 is 1. The van der Waals surface area contributed by atoms with Crippen LogP contribution in [0.15, 0.2) is 42.5 Å². The molecule has 0 bridgehead atoms. The van der Waals surface area contributed by atoms with Crippen molar-refractivity contribution >= 4 is 29.6 Å². The van der Waals surface area contributed by atoms with E-state index in [2.05, 4.69) is 5.32 Å². The molecule has 200 valence electrons. The fraction of sp³-hybridized carbons (Fsp3) is 0.464. The van der Waals surface area contributed by atoms with Crippen LogP contribution >= 0.6 is 11.6 Å². The molecule has 1 atom stereocenters. The Balaban J connectivity index is 1.80. The topological polar surface area (TPSA) is 94.2 Å². The highest BCUT2D eigenvalue weighted by Gasteiger charge is 2.30. The summed E-state index contributed by atoms with van der Waals surface area (Å²) in [4.78, 5) is 39.3. The number of rotatable bonds is 8. The molecular weight excluding hydrogens is 496 g/mol. The summed E-state index contributed by atoms with van der Waals surface area (Å²) in [5, 5.41) is 3.38. The van der Waals surface area contributed by atoms with E-state index in [4.69, 9.17) is 25.8 Å². The molecule has 0 spiro atoms. The van der Waals surface area contributed by atoms with Gasteiger partial charge in [-0.15, -0.1) is 0 Å². The molecular formula is C28H35ClN2O6. The lowest BCUT2D eigenvalue weighted by atomic mass is 10.1. The van der Waals surface area contributed by atoms with Gasteiger partial charge in [-0.1, -0.05) is 29.8 Å². The smallest absolute Gasteiger partial charge is 0.408 e. The molecule has 1 aliphatic rings. The summed E-state index contributed by atoms with van der Waals surface area (Å²) in [5.41, 5.74) is 1.81. The molecule has 1 aliphatic heterocycles. The molecule has 2 aromatic rings. The van der Waals surface area contributed by atoms with Gasteiger partial charge in [0.05, 0.1) is 13.5 Å². The largest absolute Gasteiger partial charge is 0.489 e. The third-order valence-electron chi connectivity index (χ3n) is 5.84. The number of carbonyl (C=O) groups excluding carboxylic acids is 3. The Morgan fingerprint density at radius 1 is 1.08 bits per heavy atom. The first kappa shape index (κ1) is 28.3. The Morgan fingerprint density at radius 3 is 2.46 bits per heavy atom. The fourth-order valence-electron chi connectivity index (χ4n) is 4.04. The average molecular weight is 531 g/mol. The van der Waals surface area contributed by atoms with Crippen LogP contribution < -0.4 is 10.1 Å². The van der Waals surface area contributed by atoms with Gasteiger partial charge in [0.25, 0.3) is 0 Å². The van der Waals surface area contributed by atoms with Gasteiger partial charge >= 0.3 is 12.1 Å². The van der Waals surface area contributed by atoms with Gasteiger partial charge in [0.1, 0.15) is 24.0 Å². The first-order valence-electron chi connectivity index (χ1n) is 12.4. The van der Waals surface area contributed by atoms with Crippen LogP contribution in [-0.2, 0) is 38.6 Å². The molecule has 1 saturated heterocycles. The summed E-state index contributed by atoms with van der Waals surface area (Å²) in [5.74, 6) is 0.0795. The van der Waals surface area contributed by atoms with Crippen LogP contribution in [-0.4, -0.2) is 48.2 Å². The number of alkyl carbamates (subject to hydrolysis) is 1. The predicted molar refractivity (Wildman–Crippen MR) is 140 cm³/mol. The predicted octanol–water partition coefficient (Wildman–Crippen LogP) is 5.04. The monoisotopic (exact) mass is 530 g/mol. The number of halogens is 1. The van der Waals surface area contributed by atoms with Crippen LogP contribution in [0, 0.1) is 0 Å². The number of likely N-dealkylation sites (tertiary alicyclic amines) is 1. The number of nitrogens with one attached hydrogen (secondary N) is 1. The summed E-state index contributed by atoms with van der Waals surface area (Å²) in [6.07, 6.45) is 1.64. The van der Waals surface area contributed by atoms with Gasteiger partial charge < -0.3 is 24.4 Å². The Morgan fingerprint density at radius 2 is 1.78 bits per heavy atom. The van der Waals surface area contributed by atoms with Crippen LogP contribution in [0.3, 0.4) is 0 Å². The Bertz CT molecular complexity index is 1100. The minimum atomic E-state index is -0.672. The third-order valence-corrected chi connectivity index (χ3v) is 6.09. The highest BCUT2D eigenvalue weighted by Crippen LogP contribution is 2.26. The van der Waals surface area contributed by atoms with Crippen molar-refractivity contribution in [3.05, 3.63) is 64.2 Å². The standard InChI is InChI=1S/C28H35ClN2O6/c1-28(2,3)37-27(34)30-23-7-5-6-14-31(26(23)33)17-21-15-20(16-25(32)35-4)10-13-24(21)36-18-19-8-11-22(29)12-9-19/h8-13,15,23H,5-7,14,16-18H2,1-4H3,(H,30,34). The van der Waals surface area contributed by atoms with Crippen molar-refractivity contribution in [1.29, 1.82) is 0 Å². The average Bonchev–Trinajstić information content (AvgIpc) is 2.99. The molecule has 0 saturated carbocycles. The first-order valence-corrected chi connectivity index (χ1v) is 12.8. The number of hydrogen-bond donors (Lipinski definition) is 1. The molecule has 8 nitrogen and oxygen atoms in total. The number of esters is 1. The minimum absolute atomic E-state index is 0.109. The van der Waals surface area contributed by atoms with E-state index in [1.165, 1.54) is 7.11 Å². The quantitative estimate of drug-likeness (QED) is 0.480. The van der Waals surface area contributed by atoms with Gasteiger partial charge in [0.15, 0.2) is 0 Å². The molecule has 3 rings (SSSR count). The number of amides is 2. The highest BCUT2D eigenvalue weighted by molar-refractivity contribution is 6.30. The summed E-state index contributed by atoms with van der Waals surface area (Å²) < 4.78 is 16.3. The molecule has 1 fully saturated rings. The zero-order chi connectivity index (χ0) is 27.0. The zero-order valence-electron chi connectivity index (χ0n) is 21.8. The van der Waals surface area contributed by atoms with Gasteiger partial charge in [0, 0.05) is 23.7 Å². The number of nitrogens with zero attached hydrogens (tertiary/aromatic N) is 1. The molecule has 1 N–H and O–H groups in total.